The maximum Gasteiger partial charge on any atom is 0.328 e. The number of aliphatic carboxylic acids is 1. The molecular formula is C26H36O2. The Balaban J connectivity index is 2.31. The Kier molecular flexibility index (Phi) is 8.29. The first-order valence-electron chi connectivity index (χ1n) is 10.6. The first-order chi connectivity index (χ1) is 13.3. The van der Waals surface area contributed by atoms with Crippen molar-refractivity contribution in [3.63, 3.8) is 0 Å². The van der Waals surface area contributed by atoms with Crippen LogP contribution in [0.15, 0.2) is 71.4 Å². The van der Waals surface area contributed by atoms with Gasteiger partial charge in [-0.05, 0) is 57.3 Å². The van der Waals surface area contributed by atoms with Gasteiger partial charge in [-0.25, -0.2) is 4.79 Å². The lowest BCUT2D eigenvalue weighted by atomic mass is 9.61. The van der Waals surface area contributed by atoms with Gasteiger partial charge in [0.15, 0.2) is 0 Å². The fourth-order valence-corrected chi connectivity index (χ4v) is 4.78. The van der Waals surface area contributed by atoms with Crippen molar-refractivity contribution < 1.29 is 9.90 Å². The van der Waals surface area contributed by atoms with Crippen LogP contribution in [0.1, 0.15) is 53.9 Å². The third-order valence-corrected chi connectivity index (χ3v) is 6.28. The number of hydrogen-bond donors (Lipinski definition) is 1. The van der Waals surface area contributed by atoms with Crippen molar-refractivity contribution in [2.75, 3.05) is 0 Å². The molecule has 0 unspecified atom stereocenters. The summed E-state index contributed by atoms with van der Waals surface area (Å²) in [6.07, 6.45) is 21.8. The molecule has 0 fully saturated rings. The Labute approximate surface area is 171 Å². The molecular weight excluding hydrogens is 344 g/mol. The van der Waals surface area contributed by atoms with Crippen LogP contribution in [0.5, 0.6) is 0 Å². The normalized spacial score (nSPS) is 29.8. The number of allylic oxidation sites excluding steroid dienone is 11. The Morgan fingerprint density at radius 1 is 1.25 bits per heavy atom. The first-order valence-corrected chi connectivity index (χ1v) is 10.6. The fourth-order valence-electron chi connectivity index (χ4n) is 4.78. The van der Waals surface area contributed by atoms with Crippen molar-refractivity contribution >= 4 is 5.97 Å². The summed E-state index contributed by atoms with van der Waals surface area (Å²) in [5.74, 6) is 1.89. The predicted octanol–water partition coefficient (Wildman–Crippen LogP) is 6.90. The number of fused-ring (bicyclic) bond motifs is 1. The van der Waals surface area contributed by atoms with Crippen LogP contribution in [0.4, 0.5) is 0 Å². The van der Waals surface area contributed by atoms with Gasteiger partial charge in [-0.1, -0.05) is 85.6 Å². The minimum atomic E-state index is -0.917. The molecule has 2 aliphatic rings. The monoisotopic (exact) mass is 380 g/mol. The molecule has 0 heterocycles. The standard InChI is InChI=1S/C26H36O2/c1-6-18(2)15-20(4)26-21(5)17-22-16-19(3)13-14-23(22)24(26)11-9-7-8-10-12-25(27)28/h7-13,15,17-18,22-24,26H,6,14,16H2,1-5H3,(H,27,28)/b8-7+,11-9+,12-10+,20-15+/t18-,22+,23-,24+,26-/m1/s1. The average molecular weight is 381 g/mol. The molecule has 0 saturated heterocycles. The Morgan fingerprint density at radius 2 is 1.96 bits per heavy atom. The molecule has 0 aromatic heterocycles. The molecule has 2 nitrogen and oxygen atoms in total. The molecule has 0 aliphatic heterocycles. The molecule has 0 saturated carbocycles. The van der Waals surface area contributed by atoms with Crippen molar-refractivity contribution in [3.8, 4) is 0 Å². The van der Waals surface area contributed by atoms with Gasteiger partial charge in [-0.3, -0.25) is 0 Å². The third-order valence-electron chi connectivity index (χ3n) is 6.28. The van der Waals surface area contributed by atoms with E-state index < -0.39 is 5.97 Å². The van der Waals surface area contributed by atoms with E-state index in [1.165, 1.54) is 29.6 Å². The van der Waals surface area contributed by atoms with E-state index in [1.54, 1.807) is 12.2 Å². The molecule has 5 atom stereocenters. The Bertz CT molecular complexity index is 730. The van der Waals surface area contributed by atoms with Crippen molar-refractivity contribution in [2.24, 2.45) is 29.6 Å². The largest absolute Gasteiger partial charge is 0.478 e. The zero-order valence-electron chi connectivity index (χ0n) is 18.1. The summed E-state index contributed by atoms with van der Waals surface area (Å²) >= 11 is 0. The molecule has 1 N–H and O–H groups in total. The summed E-state index contributed by atoms with van der Waals surface area (Å²) in [4.78, 5) is 10.6. The Hall–Kier alpha value is -2.09. The molecule has 0 spiro atoms. The molecule has 2 aliphatic carbocycles. The lowest BCUT2D eigenvalue weighted by Gasteiger charge is -2.43. The van der Waals surface area contributed by atoms with Crippen molar-refractivity contribution in [3.05, 3.63) is 71.4 Å². The second-order valence-corrected chi connectivity index (χ2v) is 8.55. The molecule has 28 heavy (non-hydrogen) atoms. The number of rotatable bonds is 7. The molecule has 0 radical (unpaired) electrons. The van der Waals surface area contributed by atoms with E-state index in [9.17, 15) is 4.79 Å². The topological polar surface area (TPSA) is 37.3 Å². The maximum absolute atomic E-state index is 10.6. The SMILES string of the molecule is CC[C@@H](C)/C=C(\C)[C@@H]1C(C)=C[C@@H]2CC(C)=CC[C@H]2[C@@H]1/C=C/C=C/C=C/C(=O)O. The number of carbonyl (C=O) groups is 1. The number of hydrogen-bond acceptors (Lipinski definition) is 1. The van der Waals surface area contributed by atoms with Crippen LogP contribution in [0.3, 0.4) is 0 Å². The van der Waals surface area contributed by atoms with Crippen LogP contribution in [0.25, 0.3) is 0 Å². The predicted molar refractivity (Wildman–Crippen MR) is 119 cm³/mol. The molecule has 0 aromatic rings. The summed E-state index contributed by atoms with van der Waals surface area (Å²) in [6, 6.07) is 0. The van der Waals surface area contributed by atoms with Gasteiger partial charge >= 0.3 is 5.97 Å². The van der Waals surface area contributed by atoms with Crippen LogP contribution in [0, 0.1) is 29.6 Å². The van der Waals surface area contributed by atoms with E-state index in [0.29, 0.717) is 29.6 Å². The summed E-state index contributed by atoms with van der Waals surface area (Å²) < 4.78 is 0. The highest BCUT2D eigenvalue weighted by atomic mass is 16.4. The second kappa shape index (κ2) is 10.5. The molecule has 0 aromatic carbocycles. The van der Waals surface area contributed by atoms with Crippen LogP contribution >= 0.6 is 0 Å². The summed E-state index contributed by atoms with van der Waals surface area (Å²) in [7, 11) is 0. The highest BCUT2D eigenvalue weighted by Gasteiger charge is 2.38. The van der Waals surface area contributed by atoms with Crippen molar-refractivity contribution in [1.29, 1.82) is 0 Å². The first kappa shape index (κ1) is 22.2. The lowest BCUT2D eigenvalue weighted by Crippen LogP contribution is -2.34. The van der Waals surface area contributed by atoms with E-state index in [1.807, 2.05) is 6.08 Å². The highest BCUT2D eigenvalue weighted by Crippen LogP contribution is 2.48. The van der Waals surface area contributed by atoms with Gasteiger partial charge in [0.2, 0.25) is 0 Å². The average Bonchev–Trinajstić information content (AvgIpc) is 2.63. The molecule has 2 heteroatoms. The van der Waals surface area contributed by atoms with Gasteiger partial charge < -0.3 is 5.11 Å². The van der Waals surface area contributed by atoms with Gasteiger partial charge in [-0.2, -0.15) is 0 Å². The molecule has 152 valence electrons. The van der Waals surface area contributed by atoms with Crippen LogP contribution in [-0.2, 0) is 4.79 Å². The third kappa shape index (κ3) is 5.95. The van der Waals surface area contributed by atoms with Gasteiger partial charge in [0.25, 0.3) is 0 Å². The van der Waals surface area contributed by atoms with E-state index in [2.05, 4.69) is 65.0 Å². The van der Waals surface area contributed by atoms with Crippen LogP contribution < -0.4 is 0 Å². The maximum atomic E-state index is 10.6. The number of carboxylic acid groups (broad SMARTS) is 1. The quantitative estimate of drug-likeness (QED) is 0.296. The number of carboxylic acids is 1. The zero-order chi connectivity index (χ0) is 20.7. The molecule has 2 rings (SSSR count). The van der Waals surface area contributed by atoms with Crippen molar-refractivity contribution in [1.82, 2.24) is 0 Å². The lowest BCUT2D eigenvalue weighted by molar-refractivity contribution is -0.131. The van der Waals surface area contributed by atoms with E-state index in [-0.39, 0.29) is 0 Å². The minimum Gasteiger partial charge on any atom is -0.478 e. The van der Waals surface area contributed by atoms with Crippen LogP contribution in [-0.4, -0.2) is 11.1 Å². The van der Waals surface area contributed by atoms with Crippen molar-refractivity contribution in [2.45, 2.75) is 53.9 Å². The molecule has 0 amide bonds. The minimum absolute atomic E-state index is 0.460. The summed E-state index contributed by atoms with van der Waals surface area (Å²) in [6.45, 7) is 11.4. The van der Waals surface area contributed by atoms with Gasteiger partial charge in [0.05, 0.1) is 0 Å². The van der Waals surface area contributed by atoms with Gasteiger partial charge in [0.1, 0.15) is 0 Å². The summed E-state index contributed by atoms with van der Waals surface area (Å²) in [5.41, 5.74) is 4.49. The summed E-state index contributed by atoms with van der Waals surface area (Å²) in [5, 5.41) is 8.69. The highest BCUT2D eigenvalue weighted by molar-refractivity contribution is 5.80. The smallest absolute Gasteiger partial charge is 0.328 e. The fraction of sp³-hybridized carbons (Fsp3) is 0.500. The zero-order valence-corrected chi connectivity index (χ0v) is 18.1. The van der Waals surface area contributed by atoms with Gasteiger partial charge in [-0.15, -0.1) is 0 Å². The second-order valence-electron chi connectivity index (χ2n) is 8.55. The van der Waals surface area contributed by atoms with Crippen LogP contribution in [0.2, 0.25) is 0 Å². The van der Waals surface area contributed by atoms with E-state index >= 15 is 0 Å². The van der Waals surface area contributed by atoms with Gasteiger partial charge in [0, 0.05) is 12.0 Å². The van der Waals surface area contributed by atoms with E-state index in [0.717, 1.165) is 12.5 Å². The van der Waals surface area contributed by atoms with E-state index in [4.69, 9.17) is 5.11 Å². The molecule has 0 bridgehead atoms. The Morgan fingerprint density at radius 3 is 2.64 bits per heavy atom.